The Morgan fingerprint density at radius 2 is 1.64 bits per heavy atom. The Hall–Kier alpha value is -1.30. The van der Waals surface area contributed by atoms with Crippen molar-refractivity contribution < 1.29 is 0 Å². The van der Waals surface area contributed by atoms with Crippen LogP contribution in [0.2, 0.25) is 0 Å². The Balaban J connectivity index is 2.70. The molecule has 0 spiro atoms. The monoisotopic (exact) mass is 184 g/mol. The van der Waals surface area contributed by atoms with Crippen LogP contribution in [0.5, 0.6) is 0 Å². The van der Waals surface area contributed by atoms with Crippen molar-refractivity contribution in [3.63, 3.8) is 0 Å². The van der Waals surface area contributed by atoms with E-state index in [1.807, 2.05) is 0 Å². The SMILES string of the molecule is C=C1CCc2c(C)ccc(C)c2C1=C. The summed E-state index contributed by atoms with van der Waals surface area (Å²) in [5.41, 5.74) is 7.89. The largest absolute Gasteiger partial charge is 0.0952 e. The third-order valence-corrected chi connectivity index (χ3v) is 3.16. The Bertz CT molecular complexity index is 422. The standard InChI is InChI=1S/C14H16/c1-9-7-8-13-10(2)5-6-11(3)14(13)12(9)4/h5-6H,1,4,7-8H2,2-3H3. The van der Waals surface area contributed by atoms with Gasteiger partial charge in [-0.05, 0) is 60.1 Å². The summed E-state index contributed by atoms with van der Waals surface area (Å²) in [6.45, 7) is 12.5. The molecule has 0 radical (unpaired) electrons. The Morgan fingerprint density at radius 3 is 2.36 bits per heavy atom. The third kappa shape index (κ3) is 1.22. The van der Waals surface area contributed by atoms with E-state index < -0.39 is 0 Å². The number of hydrogen-bond donors (Lipinski definition) is 0. The van der Waals surface area contributed by atoms with Crippen LogP contribution in [-0.2, 0) is 6.42 Å². The average Bonchev–Trinajstić information content (AvgIpc) is 2.16. The molecule has 0 saturated carbocycles. The summed E-state index contributed by atoms with van der Waals surface area (Å²) in [7, 11) is 0. The predicted octanol–water partition coefficient (Wildman–Crippen LogP) is 3.82. The summed E-state index contributed by atoms with van der Waals surface area (Å²) in [4.78, 5) is 0. The highest BCUT2D eigenvalue weighted by Crippen LogP contribution is 2.36. The van der Waals surface area contributed by atoms with Gasteiger partial charge in [-0.2, -0.15) is 0 Å². The molecule has 1 aliphatic carbocycles. The highest BCUT2D eigenvalue weighted by Gasteiger charge is 2.18. The van der Waals surface area contributed by atoms with Gasteiger partial charge in [-0.25, -0.2) is 0 Å². The Labute approximate surface area is 86.0 Å². The van der Waals surface area contributed by atoms with E-state index in [2.05, 4.69) is 39.1 Å². The predicted molar refractivity (Wildman–Crippen MR) is 62.4 cm³/mol. The van der Waals surface area contributed by atoms with Crippen molar-refractivity contribution in [1.82, 2.24) is 0 Å². The molecule has 2 rings (SSSR count). The first-order chi connectivity index (χ1) is 6.61. The van der Waals surface area contributed by atoms with Crippen molar-refractivity contribution in [3.05, 3.63) is 53.1 Å². The molecule has 0 saturated heterocycles. The number of rotatable bonds is 0. The lowest BCUT2D eigenvalue weighted by Gasteiger charge is -2.24. The van der Waals surface area contributed by atoms with E-state index >= 15 is 0 Å². The molecule has 0 atom stereocenters. The van der Waals surface area contributed by atoms with Gasteiger partial charge < -0.3 is 0 Å². The molecule has 0 aliphatic heterocycles. The number of benzene rings is 1. The molecule has 0 nitrogen and oxygen atoms in total. The number of aryl methyl sites for hydroxylation is 2. The van der Waals surface area contributed by atoms with Crippen LogP contribution in [-0.4, -0.2) is 0 Å². The van der Waals surface area contributed by atoms with Crippen molar-refractivity contribution in [2.75, 3.05) is 0 Å². The normalized spacial score (nSPS) is 15.6. The maximum absolute atomic E-state index is 4.14. The fourth-order valence-electron chi connectivity index (χ4n) is 2.21. The van der Waals surface area contributed by atoms with Crippen LogP contribution in [0.1, 0.15) is 28.7 Å². The molecule has 0 fully saturated rings. The van der Waals surface area contributed by atoms with Crippen LogP contribution >= 0.6 is 0 Å². The lowest BCUT2D eigenvalue weighted by molar-refractivity contribution is 0.927. The quantitative estimate of drug-likeness (QED) is 0.575. The zero-order chi connectivity index (χ0) is 10.3. The van der Waals surface area contributed by atoms with Crippen molar-refractivity contribution in [1.29, 1.82) is 0 Å². The molecule has 0 N–H and O–H groups in total. The summed E-state index contributed by atoms with van der Waals surface area (Å²) in [6, 6.07) is 4.38. The van der Waals surface area contributed by atoms with Gasteiger partial charge in [-0.15, -0.1) is 0 Å². The number of fused-ring (bicyclic) bond motifs is 1. The van der Waals surface area contributed by atoms with E-state index in [4.69, 9.17) is 0 Å². The molecule has 1 aromatic rings. The maximum atomic E-state index is 4.14. The zero-order valence-electron chi connectivity index (χ0n) is 8.98. The van der Waals surface area contributed by atoms with Gasteiger partial charge in [0.2, 0.25) is 0 Å². The molecule has 0 aromatic heterocycles. The first-order valence-electron chi connectivity index (χ1n) is 5.07. The Morgan fingerprint density at radius 1 is 1.00 bits per heavy atom. The molecule has 1 aromatic carbocycles. The van der Waals surface area contributed by atoms with Crippen LogP contribution < -0.4 is 0 Å². The van der Waals surface area contributed by atoms with Gasteiger partial charge in [-0.3, -0.25) is 0 Å². The van der Waals surface area contributed by atoms with Gasteiger partial charge in [0.25, 0.3) is 0 Å². The molecular weight excluding hydrogens is 168 g/mol. The fourth-order valence-corrected chi connectivity index (χ4v) is 2.21. The fraction of sp³-hybridized carbons (Fsp3) is 0.286. The van der Waals surface area contributed by atoms with Crippen LogP contribution in [0.3, 0.4) is 0 Å². The van der Waals surface area contributed by atoms with Gasteiger partial charge in [0.05, 0.1) is 0 Å². The smallest absolute Gasteiger partial charge is 0.0123 e. The van der Waals surface area contributed by atoms with Crippen LogP contribution in [0.15, 0.2) is 30.9 Å². The average molecular weight is 184 g/mol. The van der Waals surface area contributed by atoms with Crippen molar-refractivity contribution in [2.24, 2.45) is 0 Å². The van der Waals surface area contributed by atoms with Crippen molar-refractivity contribution >= 4 is 5.57 Å². The second-order valence-corrected chi connectivity index (χ2v) is 4.14. The van der Waals surface area contributed by atoms with Gasteiger partial charge in [0.1, 0.15) is 0 Å². The lowest BCUT2D eigenvalue weighted by atomic mass is 9.81. The van der Waals surface area contributed by atoms with E-state index in [0.717, 1.165) is 18.4 Å². The van der Waals surface area contributed by atoms with Crippen molar-refractivity contribution in [3.8, 4) is 0 Å². The molecule has 0 amide bonds. The van der Waals surface area contributed by atoms with Gasteiger partial charge in [0, 0.05) is 0 Å². The summed E-state index contributed by atoms with van der Waals surface area (Å²) >= 11 is 0. The molecule has 0 heteroatoms. The van der Waals surface area contributed by atoms with Crippen LogP contribution in [0.25, 0.3) is 5.57 Å². The minimum Gasteiger partial charge on any atom is -0.0952 e. The highest BCUT2D eigenvalue weighted by molar-refractivity contribution is 5.82. The molecule has 0 heterocycles. The minimum atomic E-state index is 1.07. The lowest BCUT2D eigenvalue weighted by Crippen LogP contribution is -2.07. The van der Waals surface area contributed by atoms with Gasteiger partial charge in [-0.1, -0.05) is 25.3 Å². The van der Waals surface area contributed by atoms with E-state index in [-0.39, 0.29) is 0 Å². The summed E-state index contributed by atoms with van der Waals surface area (Å²) in [5.74, 6) is 0. The van der Waals surface area contributed by atoms with Gasteiger partial charge >= 0.3 is 0 Å². The third-order valence-electron chi connectivity index (χ3n) is 3.16. The second-order valence-electron chi connectivity index (χ2n) is 4.14. The Kier molecular flexibility index (Phi) is 2.07. The first kappa shape index (κ1) is 9.26. The first-order valence-corrected chi connectivity index (χ1v) is 5.07. The summed E-state index contributed by atoms with van der Waals surface area (Å²) in [5, 5.41) is 0. The summed E-state index contributed by atoms with van der Waals surface area (Å²) in [6.07, 6.45) is 2.19. The van der Waals surface area contributed by atoms with Gasteiger partial charge in [0.15, 0.2) is 0 Å². The van der Waals surface area contributed by atoms with E-state index in [1.165, 1.54) is 27.8 Å². The second kappa shape index (κ2) is 3.13. The van der Waals surface area contributed by atoms with E-state index in [0.29, 0.717) is 0 Å². The topological polar surface area (TPSA) is 0 Å². The molecule has 14 heavy (non-hydrogen) atoms. The molecule has 0 unspecified atom stereocenters. The summed E-state index contributed by atoms with van der Waals surface area (Å²) < 4.78 is 0. The van der Waals surface area contributed by atoms with E-state index in [9.17, 15) is 0 Å². The van der Waals surface area contributed by atoms with Crippen LogP contribution in [0.4, 0.5) is 0 Å². The zero-order valence-corrected chi connectivity index (χ0v) is 8.98. The van der Waals surface area contributed by atoms with Crippen LogP contribution in [0, 0.1) is 13.8 Å². The van der Waals surface area contributed by atoms with E-state index in [1.54, 1.807) is 0 Å². The highest BCUT2D eigenvalue weighted by atomic mass is 14.2. The molecule has 72 valence electrons. The number of allylic oxidation sites excluding steroid dienone is 2. The van der Waals surface area contributed by atoms with Crippen molar-refractivity contribution in [2.45, 2.75) is 26.7 Å². The molecular formula is C14H16. The molecule has 1 aliphatic rings. The number of hydrogen-bond acceptors (Lipinski definition) is 0. The minimum absolute atomic E-state index is 1.07. The maximum Gasteiger partial charge on any atom is -0.0123 e. The molecule has 0 bridgehead atoms.